The van der Waals surface area contributed by atoms with Gasteiger partial charge in [-0.25, -0.2) is 9.97 Å². The van der Waals surface area contributed by atoms with Crippen LogP contribution < -0.4 is 5.73 Å². The molecule has 36 heavy (non-hydrogen) atoms. The van der Waals surface area contributed by atoms with Crippen LogP contribution >= 0.6 is 0 Å². The summed E-state index contributed by atoms with van der Waals surface area (Å²) in [7, 11) is 0. The molecule has 1 aromatic heterocycles. The highest BCUT2D eigenvalue weighted by Gasteiger charge is 2.32. The normalized spacial score (nSPS) is 17.7. The van der Waals surface area contributed by atoms with E-state index in [4.69, 9.17) is 11.1 Å². The summed E-state index contributed by atoms with van der Waals surface area (Å²) in [5.74, 6) is 0.900. The van der Waals surface area contributed by atoms with Crippen molar-refractivity contribution in [1.29, 1.82) is 5.41 Å². The van der Waals surface area contributed by atoms with E-state index in [2.05, 4.69) is 51.3 Å². The van der Waals surface area contributed by atoms with Crippen LogP contribution in [0.25, 0.3) is 11.1 Å². The van der Waals surface area contributed by atoms with Gasteiger partial charge in [0.2, 0.25) is 11.9 Å². The predicted molar refractivity (Wildman–Crippen MR) is 142 cm³/mol. The Labute approximate surface area is 212 Å². The maximum atomic E-state index is 13.2. The lowest BCUT2D eigenvalue weighted by Gasteiger charge is -2.37. The average molecular weight is 483 g/mol. The Morgan fingerprint density at radius 1 is 0.833 bits per heavy atom. The Morgan fingerprint density at radius 2 is 1.42 bits per heavy atom. The van der Waals surface area contributed by atoms with Crippen molar-refractivity contribution in [2.75, 3.05) is 31.9 Å². The Bertz CT molecular complexity index is 1160. The van der Waals surface area contributed by atoms with Crippen molar-refractivity contribution in [3.05, 3.63) is 78.1 Å². The van der Waals surface area contributed by atoms with Gasteiger partial charge in [0.15, 0.2) is 0 Å². The van der Waals surface area contributed by atoms with Crippen molar-refractivity contribution < 1.29 is 4.79 Å². The summed E-state index contributed by atoms with van der Waals surface area (Å²) in [4.78, 5) is 25.7. The number of likely N-dealkylation sites (tertiary alicyclic amines) is 2. The van der Waals surface area contributed by atoms with E-state index in [1.807, 2.05) is 23.1 Å². The summed E-state index contributed by atoms with van der Waals surface area (Å²) in [5, 5.41) is 8.77. The lowest BCUT2D eigenvalue weighted by Crippen LogP contribution is -2.46. The fourth-order valence-corrected chi connectivity index (χ4v) is 5.40. The maximum Gasteiger partial charge on any atom is 0.225 e. The third kappa shape index (κ3) is 5.62. The molecule has 0 saturated carbocycles. The van der Waals surface area contributed by atoms with Gasteiger partial charge < -0.3 is 16.0 Å². The smallest absolute Gasteiger partial charge is 0.225 e. The highest BCUT2D eigenvalue weighted by molar-refractivity contribution is 6.00. The van der Waals surface area contributed by atoms with E-state index in [0.717, 1.165) is 69.5 Å². The van der Waals surface area contributed by atoms with E-state index in [-0.39, 0.29) is 11.8 Å². The van der Waals surface area contributed by atoms with E-state index in [0.29, 0.717) is 17.6 Å². The number of benzene rings is 2. The van der Waals surface area contributed by atoms with Crippen LogP contribution in [0.3, 0.4) is 0 Å². The number of nitrogens with one attached hydrogen (secondary N) is 1. The quantitative estimate of drug-likeness (QED) is 0.512. The van der Waals surface area contributed by atoms with Gasteiger partial charge in [0.25, 0.3) is 0 Å². The second-order valence-electron chi connectivity index (χ2n) is 9.96. The van der Waals surface area contributed by atoms with E-state index < -0.39 is 0 Å². The molecule has 0 atom stereocenters. The Morgan fingerprint density at radius 3 is 2.06 bits per heavy atom. The second kappa shape index (κ2) is 11.0. The molecule has 0 bridgehead atoms. The average Bonchev–Trinajstić information content (AvgIpc) is 2.94. The predicted octanol–water partition coefficient (Wildman–Crippen LogP) is 4.24. The standard InChI is InChI=1S/C29H34N6O/c30-27(24-8-6-23(7-9-24)22-4-2-1-3-5-22)25-12-16-35(17-13-25)28(36)26-10-14-34(15-11-26)20-21-18-32-29(31)33-19-21/h1-9,18-19,25-26,30H,10-17,20H2,(H2,31,32,33). The van der Waals surface area contributed by atoms with Gasteiger partial charge in [-0.1, -0.05) is 54.6 Å². The number of aromatic nitrogens is 2. The lowest BCUT2D eigenvalue weighted by molar-refractivity contribution is -0.138. The summed E-state index contributed by atoms with van der Waals surface area (Å²) in [6, 6.07) is 18.6. The van der Waals surface area contributed by atoms with E-state index >= 15 is 0 Å². The molecular weight excluding hydrogens is 448 g/mol. The highest BCUT2D eigenvalue weighted by Crippen LogP contribution is 2.27. The van der Waals surface area contributed by atoms with Crippen molar-refractivity contribution in [3.8, 4) is 11.1 Å². The molecule has 5 rings (SSSR count). The molecule has 0 aliphatic carbocycles. The molecule has 0 unspecified atom stereocenters. The van der Waals surface area contributed by atoms with Gasteiger partial charge in [-0.15, -0.1) is 0 Å². The molecule has 7 heteroatoms. The van der Waals surface area contributed by atoms with Crippen LogP contribution in [0.15, 0.2) is 67.0 Å². The zero-order valence-electron chi connectivity index (χ0n) is 20.6. The number of amides is 1. The number of carbonyl (C=O) groups excluding carboxylic acids is 1. The molecule has 3 heterocycles. The van der Waals surface area contributed by atoms with Gasteiger partial charge in [0.05, 0.1) is 0 Å². The third-order valence-corrected chi connectivity index (χ3v) is 7.59. The molecule has 1 amide bonds. The number of hydrogen-bond acceptors (Lipinski definition) is 6. The monoisotopic (exact) mass is 482 g/mol. The molecule has 0 spiro atoms. The highest BCUT2D eigenvalue weighted by atomic mass is 16.2. The number of rotatable bonds is 6. The SMILES string of the molecule is N=C(c1ccc(-c2ccccc2)cc1)C1CCN(C(=O)C2CCN(Cc3cnc(N)nc3)CC2)CC1. The minimum atomic E-state index is 0.102. The zero-order chi connectivity index (χ0) is 24.9. The maximum absolute atomic E-state index is 13.2. The first-order valence-electron chi connectivity index (χ1n) is 12.9. The van der Waals surface area contributed by atoms with Crippen LogP contribution in [-0.2, 0) is 11.3 Å². The molecule has 2 aliphatic rings. The lowest BCUT2D eigenvalue weighted by atomic mass is 9.86. The molecule has 0 radical (unpaired) electrons. The molecule has 7 nitrogen and oxygen atoms in total. The summed E-state index contributed by atoms with van der Waals surface area (Å²) in [5.41, 5.74) is 10.7. The third-order valence-electron chi connectivity index (χ3n) is 7.59. The van der Waals surface area contributed by atoms with Crippen molar-refractivity contribution in [2.24, 2.45) is 11.8 Å². The number of nitrogens with two attached hydrogens (primary N) is 1. The molecule has 3 N–H and O–H groups in total. The number of anilines is 1. The number of hydrogen-bond donors (Lipinski definition) is 2. The Kier molecular flexibility index (Phi) is 7.37. The Balaban J connectivity index is 1.09. The number of piperidine rings is 2. The summed E-state index contributed by atoms with van der Waals surface area (Å²) in [6.45, 7) is 4.09. The van der Waals surface area contributed by atoms with Crippen molar-refractivity contribution in [3.63, 3.8) is 0 Å². The topological polar surface area (TPSA) is 99.2 Å². The largest absolute Gasteiger partial charge is 0.368 e. The summed E-state index contributed by atoms with van der Waals surface area (Å²) in [6.07, 6.45) is 7.05. The number of carbonyl (C=O) groups is 1. The minimum absolute atomic E-state index is 0.102. The van der Waals surface area contributed by atoms with Crippen molar-refractivity contribution in [1.82, 2.24) is 19.8 Å². The molecule has 2 fully saturated rings. The van der Waals surface area contributed by atoms with Gasteiger partial charge in [0, 0.05) is 55.1 Å². The van der Waals surface area contributed by atoms with Gasteiger partial charge in [0.1, 0.15) is 0 Å². The molecular formula is C29H34N6O. The fourth-order valence-electron chi connectivity index (χ4n) is 5.40. The van der Waals surface area contributed by atoms with Gasteiger partial charge in [-0.2, -0.15) is 0 Å². The van der Waals surface area contributed by atoms with Gasteiger partial charge in [-0.05, 0) is 55.5 Å². The fraction of sp³-hybridized carbons (Fsp3) is 0.379. The van der Waals surface area contributed by atoms with E-state index in [1.165, 1.54) is 11.1 Å². The van der Waals surface area contributed by atoms with Crippen LogP contribution in [0.4, 0.5) is 5.95 Å². The van der Waals surface area contributed by atoms with Crippen molar-refractivity contribution in [2.45, 2.75) is 32.2 Å². The number of nitrogens with zero attached hydrogens (tertiary/aromatic N) is 4. The van der Waals surface area contributed by atoms with Gasteiger partial charge >= 0.3 is 0 Å². The van der Waals surface area contributed by atoms with Crippen LogP contribution in [0.1, 0.15) is 36.8 Å². The van der Waals surface area contributed by atoms with Crippen LogP contribution in [0.5, 0.6) is 0 Å². The van der Waals surface area contributed by atoms with E-state index in [9.17, 15) is 4.79 Å². The van der Waals surface area contributed by atoms with Crippen LogP contribution in [-0.4, -0.2) is 57.6 Å². The van der Waals surface area contributed by atoms with Crippen molar-refractivity contribution >= 4 is 17.6 Å². The van der Waals surface area contributed by atoms with Crippen LogP contribution in [0, 0.1) is 17.2 Å². The first kappa shape index (κ1) is 24.1. The second-order valence-corrected chi connectivity index (χ2v) is 9.96. The van der Waals surface area contributed by atoms with Crippen LogP contribution in [0.2, 0.25) is 0 Å². The molecule has 2 aliphatic heterocycles. The zero-order valence-corrected chi connectivity index (χ0v) is 20.6. The molecule has 2 aromatic carbocycles. The Hall–Kier alpha value is -3.58. The number of nitrogen functional groups attached to an aromatic ring is 1. The summed E-state index contributed by atoms with van der Waals surface area (Å²) < 4.78 is 0. The molecule has 2 saturated heterocycles. The first-order valence-corrected chi connectivity index (χ1v) is 12.9. The minimum Gasteiger partial charge on any atom is -0.368 e. The summed E-state index contributed by atoms with van der Waals surface area (Å²) >= 11 is 0. The van der Waals surface area contributed by atoms with E-state index in [1.54, 1.807) is 12.4 Å². The molecule has 186 valence electrons. The van der Waals surface area contributed by atoms with Gasteiger partial charge in [-0.3, -0.25) is 9.69 Å². The first-order chi connectivity index (χ1) is 17.6. The molecule has 3 aromatic rings.